The van der Waals surface area contributed by atoms with Crippen LogP contribution in [0, 0.1) is 13.8 Å². The number of thiocarbonyl (C=S) groups is 1. The Balaban J connectivity index is 2.17. The van der Waals surface area contributed by atoms with Crippen molar-refractivity contribution in [3.63, 3.8) is 0 Å². The largest absolute Gasteiger partial charge is 0.331 e. The normalized spacial score (nSPS) is 10.3. The number of halogens is 1. The molecule has 0 aliphatic carbocycles. The van der Waals surface area contributed by atoms with Gasteiger partial charge in [0.05, 0.1) is 5.69 Å². The summed E-state index contributed by atoms with van der Waals surface area (Å²) in [6.07, 6.45) is 0. The summed E-state index contributed by atoms with van der Waals surface area (Å²) in [5.41, 5.74) is 2.85. The van der Waals surface area contributed by atoms with Gasteiger partial charge in [0, 0.05) is 16.4 Å². The summed E-state index contributed by atoms with van der Waals surface area (Å²) in [6, 6.07) is 9.36. The van der Waals surface area contributed by atoms with Crippen molar-refractivity contribution in [1.82, 2.24) is 9.78 Å². The molecule has 1 aromatic carbocycles. The summed E-state index contributed by atoms with van der Waals surface area (Å²) >= 11 is 11.1. The molecule has 0 saturated carbocycles. The van der Waals surface area contributed by atoms with E-state index in [0.717, 1.165) is 17.1 Å². The van der Waals surface area contributed by atoms with Gasteiger partial charge >= 0.3 is 0 Å². The first kappa shape index (κ1) is 12.1. The second-order valence-corrected chi connectivity index (χ2v) is 4.60. The first-order valence-corrected chi connectivity index (χ1v) is 5.95. The standard InChI is InChI=1S/C12H12ClN3S/c1-8-7-9(2)16(15-8)12(17)14-11-5-3-10(13)4-6-11/h3-7H,1-2H3,(H,14,17). The maximum absolute atomic E-state index is 5.82. The maximum Gasteiger partial charge on any atom is 0.198 e. The lowest BCUT2D eigenvalue weighted by atomic mass is 10.3. The molecule has 0 atom stereocenters. The van der Waals surface area contributed by atoms with Gasteiger partial charge in [-0.2, -0.15) is 5.10 Å². The molecule has 5 heteroatoms. The number of anilines is 1. The number of rotatable bonds is 1. The van der Waals surface area contributed by atoms with Gasteiger partial charge in [-0.05, 0) is 56.4 Å². The van der Waals surface area contributed by atoms with Crippen molar-refractivity contribution in [1.29, 1.82) is 0 Å². The SMILES string of the molecule is Cc1cc(C)n(C(=S)Nc2ccc(Cl)cc2)n1. The van der Waals surface area contributed by atoms with Crippen molar-refractivity contribution >= 4 is 34.6 Å². The lowest BCUT2D eigenvalue weighted by Crippen LogP contribution is -2.21. The van der Waals surface area contributed by atoms with Crippen molar-refractivity contribution in [3.05, 3.63) is 46.7 Å². The van der Waals surface area contributed by atoms with Gasteiger partial charge in [-0.1, -0.05) is 11.6 Å². The van der Waals surface area contributed by atoms with Gasteiger partial charge in [0.1, 0.15) is 0 Å². The van der Waals surface area contributed by atoms with Gasteiger partial charge in [0.25, 0.3) is 0 Å². The van der Waals surface area contributed by atoms with E-state index in [0.29, 0.717) is 10.1 Å². The van der Waals surface area contributed by atoms with Gasteiger partial charge in [0.2, 0.25) is 0 Å². The third-order valence-electron chi connectivity index (χ3n) is 2.30. The molecule has 0 aliphatic rings. The fraction of sp³-hybridized carbons (Fsp3) is 0.167. The summed E-state index contributed by atoms with van der Waals surface area (Å²) in [5, 5.41) is 8.68. The molecule has 2 rings (SSSR count). The van der Waals surface area contributed by atoms with Gasteiger partial charge in [-0.25, -0.2) is 4.68 Å². The molecular formula is C12H12ClN3S. The first-order valence-electron chi connectivity index (χ1n) is 5.16. The predicted molar refractivity (Wildman–Crippen MR) is 74.8 cm³/mol. The smallest absolute Gasteiger partial charge is 0.198 e. The van der Waals surface area contributed by atoms with Crippen LogP contribution < -0.4 is 5.32 Å². The second kappa shape index (κ2) is 4.85. The van der Waals surface area contributed by atoms with Crippen molar-refractivity contribution in [2.45, 2.75) is 13.8 Å². The number of benzene rings is 1. The molecule has 1 N–H and O–H groups in total. The number of aryl methyl sites for hydroxylation is 2. The van der Waals surface area contributed by atoms with E-state index in [1.807, 2.05) is 44.2 Å². The summed E-state index contributed by atoms with van der Waals surface area (Å²) in [7, 11) is 0. The van der Waals surface area contributed by atoms with Crippen molar-refractivity contribution in [2.75, 3.05) is 5.32 Å². The molecule has 0 unspecified atom stereocenters. The molecule has 0 aliphatic heterocycles. The van der Waals surface area contributed by atoms with Crippen LogP contribution in [0.3, 0.4) is 0 Å². The fourth-order valence-electron chi connectivity index (χ4n) is 1.54. The average Bonchev–Trinajstić information content (AvgIpc) is 2.61. The summed E-state index contributed by atoms with van der Waals surface area (Å²) in [4.78, 5) is 0. The van der Waals surface area contributed by atoms with E-state index in [2.05, 4.69) is 10.4 Å². The van der Waals surface area contributed by atoms with Crippen molar-refractivity contribution in [2.24, 2.45) is 0 Å². The molecular weight excluding hydrogens is 254 g/mol. The minimum absolute atomic E-state index is 0.554. The highest BCUT2D eigenvalue weighted by atomic mass is 35.5. The molecule has 0 saturated heterocycles. The number of aromatic nitrogens is 2. The zero-order chi connectivity index (χ0) is 12.4. The maximum atomic E-state index is 5.82. The zero-order valence-corrected chi connectivity index (χ0v) is 11.1. The third kappa shape index (κ3) is 2.84. The van der Waals surface area contributed by atoms with Gasteiger partial charge in [-0.15, -0.1) is 0 Å². The molecule has 0 radical (unpaired) electrons. The Morgan fingerprint density at radius 2 is 1.94 bits per heavy atom. The Morgan fingerprint density at radius 1 is 1.29 bits per heavy atom. The summed E-state index contributed by atoms with van der Waals surface area (Å²) in [5.74, 6) is 0. The number of nitrogens with zero attached hydrogens (tertiary/aromatic N) is 2. The molecule has 17 heavy (non-hydrogen) atoms. The Bertz CT molecular complexity index is 545. The van der Waals surface area contributed by atoms with Crippen LogP contribution in [-0.4, -0.2) is 14.9 Å². The highest BCUT2D eigenvalue weighted by Crippen LogP contribution is 2.14. The Hall–Kier alpha value is -1.39. The van der Waals surface area contributed by atoms with Crippen LogP contribution in [0.1, 0.15) is 11.4 Å². The van der Waals surface area contributed by atoms with Crippen LogP contribution in [0.25, 0.3) is 0 Å². The minimum atomic E-state index is 0.554. The number of nitrogens with one attached hydrogen (secondary N) is 1. The highest BCUT2D eigenvalue weighted by molar-refractivity contribution is 7.80. The zero-order valence-electron chi connectivity index (χ0n) is 9.57. The molecule has 1 heterocycles. The first-order chi connectivity index (χ1) is 8.06. The molecule has 2 aromatic rings. The molecule has 1 aromatic heterocycles. The molecule has 3 nitrogen and oxygen atoms in total. The van der Waals surface area contributed by atoms with E-state index >= 15 is 0 Å². The average molecular weight is 266 g/mol. The van der Waals surface area contributed by atoms with Crippen LogP contribution in [0.2, 0.25) is 5.02 Å². The van der Waals surface area contributed by atoms with Crippen LogP contribution in [0.4, 0.5) is 5.69 Å². The molecule has 88 valence electrons. The minimum Gasteiger partial charge on any atom is -0.331 e. The molecule has 0 spiro atoms. The topological polar surface area (TPSA) is 29.9 Å². The van der Waals surface area contributed by atoms with E-state index in [1.165, 1.54) is 0 Å². The van der Waals surface area contributed by atoms with Crippen molar-refractivity contribution in [3.8, 4) is 0 Å². The number of hydrogen-bond acceptors (Lipinski definition) is 2. The molecule has 0 bridgehead atoms. The van der Waals surface area contributed by atoms with Crippen LogP contribution >= 0.6 is 23.8 Å². The molecule has 0 fully saturated rings. The highest BCUT2D eigenvalue weighted by Gasteiger charge is 2.06. The quantitative estimate of drug-likeness (QED) is 0.802. The van der Waals surface area contributed by atoms with Gasteiger partial charge in [0.15, 0.2) is 5.11 Å². The van der Waals surface area contributed by atoms with E-state index < -0.39 is 0 Å². The Kier molecular flexibility index (Phi) is 3.45. The van der Waals surface area contributed by atoms with Crippen LogP contribution in [-0.2, 0) is 0 Å². The lowest BCUT2D eigenvalue weighted by molar-refractivity contribution is 0.892. The van der Waals surface area contributed by atoms with E-state index in [4.69, 9.17) is 23.8 Å². The third-order valence-corrected chi connectivity index (χ3v) is 2.82. The van der Waals surface area contributed by atoms with E-state index in [-0.39, 0.29) is 0 Å². The Morgan fingerprint density at radius 3 is 2.47 bits per heavy atom. The number of hydrogen-bond donors (Lipinski definition) is 1. The van der Waals surface area contributed by atoms with Crippen LogP contribution in [0.15, 0.2) is 30.3 Å². The van der Waals surface area contributed by atoms with E-state index in [9.17, 15) is 0 Å². The second-order valence-electron chi connectivity index (χ2n) is 3.78. The van der Waals surface area contributed by atoms with Crippen LogP contribution in [0.5, 0.6) is 0 Å². The predicted octanol–water partition coefficient (Wildman–Crippen LogP) is 3.40. The monoisotopic (exact) mass is 265 g/mol. The fourth-order valence-corrected chi connectivity index (χ4v) is 1.97. The Labute approximate surface area is 110 Å². The van der Waals surface area contributed by atoms with Crippen molar-refractivity contribution < 1.29 is 0 Å². The summed E-state index contributed by atoms with van der Waals surface area (Å²) < 4.78 is 1.71. The van der Waals surface area contributed by atoms with E-state index in [1.54, 1.807) is 4.68 Å². The van der Waals surface area contributed by atoms with Gasteiger partial charge < -0.3 is 5.32 Å². The lowest BCUT2D eigenvalue weighted by Gasteiger charge is -2.09. The summed E-state index contributed by atoms with van der Waals surface area (Å²) in [6.45, 7) is 3.91. The van der Waals surface area contributed by atoms with Gasteiger partial charge in [-0.3, -0.25) is 0 Å². The molecule has 0 amide bonds.